The van der Waals surface area contributed by atoms with Crippen molar-refractivity contribution < 1.29 is 13.5 Å². The van der Waals surface area contributed by atoms with Crippen molar-refractivity contribution in [3.63, 3.8) is 0 Å². The quantitative estimate of drug-likeness (QED) is 0.848. The van der Waals surface area contributed by atoms with Gasteiger partial charge in [-0.2, -0.15) is 5.26 Å². The standard InChI is InChI=1S/C19H19F2N3O/c1-12-9-18(16(11-22)13(2)23-12)24-7-5-15(6-8-24)25-19-4-3-14(20)10-17(19)21/h3-4,9-10,15H,5-8H2,1-2H3. The number of hydrogen-bond donors (Lipinski definition) is 0. The van der Waals surface area contributed by atoms with E-state index < -0.39 is 11.6 Å². The molecule has 2 heterocycles. The number of pyridine rings is 1. The van der Waals surface area contributed by atoms with E-state index in [0.717, 1.165) is 23.1 Å². The van der Waals surface area contributed by atoms with Gasteiger partial charge in [0, 0.05) is 37.7 Å². The van der Waals surface area contributed by atoms with E-state index in [-0.39, 0.29) is 11.9 Å². The summed E-state index contributed by atoms with van der Waals surface area (Å²) in [5.41, 5.74) is 3.08. The average Bonchev–Trinajstić information content (AvgIpc) is 2.57. The Morgan fingerprint density at radius 3 is 2.56 bits per heavy atom. The molecule has 2 aromatic rings. The van der Waals surface area contributed by atoms with Crippen LogP contribution in [-0.4, -0.2) is 24.2 Å². The summed E-state index contributed by atoms with van der Waals surface area (Å²) < 4.78 is 32.4. The Balaban J connectivity index is 1.69. The van der Waals surface area contributed by atoms with Gasteiger partial charge in [-0.1, -0.05) is 0 Å². The highest BCUT2D eigenvalue weighted by Crippen LogP contribution is 2.28. The van der Waals surface area contributed by atoms with Crippen LogP contribution in [0.1, 0.15) is 29.8 Å². The zero-order valence-corrected chi connectivity index (χ0v) is 14.2. The number of nitriles is 1. The van der Waals surface area contributed by atoms with E-state index in [1.165, 1.54) is 12.1 Å². The molecule has 0 radical (unpaired) electrons. The van der Waals surface area contributed by atoms with E-state index >= 15 is 0 Å². The second-order valence-corrected chi connectivity index (χ2v) is 6.23. The molecular weight excluding hydrogens is 324 g/mol. The Morgan fingerprint density at radius 2 is 1.92 bits per heavy atom. The molecule has 0 aliphatic carbocycles. The number of anilines is 1. The van der Waals surface area contributed by atoms with E-state index in [1.54, 1.807) is 0 Å². The highest BCUT2D eigenvalue weighted by atomic mass is 19.1. The Kier molecular flexibility index (Phi) is 4.84. The molecule has 25 heavy (non-hydrogen) atoms. The SMILES string of the molecule is Cc1cc(N2CCC(Oc3ccc(F)cc3F)CC2)c(C#N)c(C)n1. The van der Waals surface area contributed by atoms with Crippen molar-refractivity contribution in [2.75, 3.05) is 18.0 Å². The summed E-state index contributed by atoms with van der Waals surface area (Å²) in [4.78, 5) is 6.48. The molecule has 1 aromatic carbocycles. The van der Waals surface area contributed by atoms with Crippen LogP contribution in [0.3, 0.4) is 0 Å². The van der Waals surface area contributed by atoms with Gasteiger partial charge in [0.2, 0.25) is 0 Å². The number of piperidine rings is 1. The Morgan fingerprint density at radius 1 is 1.20 bits per heavy atom. The highest BCUT2D eigenvalue weighted by Gasteiger charge is 2.24. The van der Waals surface area contributed by atoms with Crippen LogP contribution in [0.25, 0.3) is 0 Å². The van der Waals surface area contributed by atoms with Crippen molar-refractivity contribution in [2.45, 2.75) is 32.8 Å². The maximum Gasteiger partial charge on any atom is 0.167 e. The first-order chi connectivity index (χ1) is 12.0. The smallest absolute Gasteiger partial charge is 0.167 e. The number of rotatable bonds is 3. The number of aromatic nitrogens is 1. The molecule has 0 atom stereocenters. The maximum atomic E-state index is 13.7. The molecule has 1 aliphatic rings. The molecule has 3 rings (SSSR count). The zero-order chi connectivity index (χ0) is 18.0. The van der Waals surface area contributed by atoms with Gasteiger partial charge in [-0.05, 0) is 32.0 Å². The molecule has 130 valence electrons. The zero-order valence-electron chi connectivity index (χ0n) is 14.2. The molecule has 0 unspecified atom stereocenters. The van der Waals surface area contributed by atoms with Crippen molar-refractivity contribution in [3.8, 4) is 11.8 Å². The van der Waals surface area contributed by atoms with Crippen molar-refractivity contribution in [3.05, 3.63) is 52.9 Å². The van der Waals surface area contributed by atoms with Gasteiger partial charge >= 0.3 is 0 Å². The number of aryl methyl sites for hydroxylation is 2. The maximum absolute atomic E-state index is 13.7. The lowest BCUT2D eigenvalue weighted by Gasteiger charge is -2.34. The number of nitrogens with zero attached hydrogens (tertiary/aromatic N) is 3. The Labute approximate surface area is 145 Å². The van der Waals surface area contributed by atoms with E-state index in [9.17, 15) is 14.0 Å². The van der Waals surface area contributed by atoms with Crippen LogP contribution in [0.5, 0.6) is 5.75 Å². The van der Waals surface area contributed by atoms with Gasteiger partial charge in [0.1, 0.15) is 18.0 Å². The second-order valence-electron chi connectivity index (χ2n) is 6.23. The number of halogens is 2. The predicted molar refractivity (Wildman–Crippen MR) is 90.6 cm³/mol. The topological polar surface area (TPSA) is 49.1 Å². The van der Waals surface area contributed by atoms with Crippen LogP contribution < -0.4 is 9.64 Å². The van der Waals surface area contributed by atoms with Gasteiger partial charge in [-0.25, -0.2) is 8.78 Å². The summed E-state index contributed by atoms with van der Waals surface area (Å²) >= 11 is 0. The lowest BCUT2D eigenvalue weighted by molar-refractivity contribution is 0.163. The number of benzene rings is 1. The van der Waals surface area contributed by atoms with Gasteiger partial charge in [0.15, 0.2) is 11.6 Å². The molecule has 0 bridgehead atoms. The fourth-order valence-corrected chi connectivity index (χ4v) is 3.16. The van der Waals surface area contributed by atoms with Crippen molar-refractivity contribution >= 4 is 5.69 Å². The monoisotopic (exact) mass is 343 g/mol. The highest BCUT2D eigenvalue weighted by molar-refractivity contribution is 5.61. The van der Waals surface area contributed by atoms with Crippen LogP contribution in [0, 0.1) is 36.8 Å². The molecular formula is C19H19F2N3O. The molecule has 1 aromatic heterocycles. The number of hydrogen-bond acceptors (Lipinski definition) is 4. The Bertz CT molecular complexity index is 824. The van der Waals surface area contributed by atoms with Crippen molar-refractivity contribution in [1.82, 2.24) is 4.98 Å². The summed E-state index contributed by atoms with van der Waals surface area (Å²) in [5, 5.41) is 9.41. The molecule has 0 spiro atoms. The summed E-state index contributed by atoms with van der Waals surface area (Å²) in [7, 11) is 0. The van der Waals surface area contributed by atoms with Gasteiger partial charge < -0.3 is 9.64 Å². The fourth-order valence-electron chi connectivity index (χ4n) is 3.16. The van der Waals surface area contributed by atoms with Crippen molar-refractivity contribution in [2.24, 2.45) is 0 Å². The van der Waals surface area contributed by atoms with Crippen LogP contribution >= 0.6 is 0 Å². The second kappa shape index (κ2) is 7.06. The van der Waals surface area contributed by atoms with Crippen LogP contribution in [0.2, 0.25) is 0 Å². The minimum Gasteiger partial charge on any atom is -0.487 e. The normalized spacial score (nSPS) is 15.1. The van der Waals surface area contributed by atoms with Crippen LogP contribution in [0.4, 0.5) is 14.5 Å². The lowest BCUT2D eigenvalue weighted by atomic mass is 10.0. The van der Waals surface area contributed by atoms with E-state index in [2.05, 4.69) is 16.0 Å². The summed E-state index contributed by atoms with van der Waals surface area (Å²) in [6, 6.07) is 7.49. The first-order valence-electron chi connectivity index (χ1n) is 8.23. The molecule has 0 amide bonds. The Hall–Kier alpha value is -2.68. The summed E-state index contributed by atoms with van der Waals surface area (Å²) in [6.45, 7) is 5.14. The molecule has 1 aliphatic heterocycles. The van der Waals surface area contributed by atoms with E-state index in [4.69, 9.17) is 4.74 Å². The van der Waals surface area contributed by atoms with Crippen LogP contribution in [0.15, 0.2) is 24.3 Å². The van der Waals surface area contributed by atoms with Gasteiger partial charge in [0.25, 0.3) is 0 Å². The first kappa shape index (κ1) is 17.2. The van der Waals surface area contributed by atoms with Crippen LogP contribution in [-0.2, 0) is 0 Å². The molecule has 6 heteroatoms. The average molecular weight is 343 g/mol. The third-order valence-corrected chi connectivity index (χ3v) is 4.39. The summed E-state index contributed by atoms with van der Waals surface area (Å²) in [5.74, 6) is -1.23. The minimum atomic E-state index is -0.686. The van der Waals surface area contributed by atoms with Gasteiger partial charge in [0.05, 0.1) is 16.9 Å². The lowest BCUT2D eigenvalue weighted by Crippen LogP contribution is -2.39. The largest absolute Gasteiger partial charge is 0.487 e. The van der Waals surface area contributed by atoms with Crippen molar-refractivity contribution in [1.29, 1.82) is 5.26 Å². The van der Waals surface area contributed by atoms with E-state index in [0.29, 0.717) is 31.5 Å². The fraction of sp³-hybridized carbons (Fsp3) is 0.368. The predicted octanol–water partition coefficient (Wildman–Crippen LogP) is 3.90. The van der Waals surface area contributed by atoms with E-state index in [1.807, 2.05) is 19.9 Å². The minimum absolute atomic E-state index is 0.0770. The third-order valence-electron chi connectivity index (χ3n) is 4.39. The molecule has 1 saturated heterocycles. The number of ether oxygens (including phenoxy) is 1. The molecule has 0 N–H and O–H groups in total. The molecule has 1 fully saturated rings. The molecule has 0 saturated carbocycles. The van der Waals surface area contributed by atoms with Gasteiger partial charge in [-0.15, -0.1) is 0 Å². The first-order valence-corrected chi connectivity index (χ1v) is 8.23. The summed E-state index contributed by atoms with van der Waals surface area (Å²) in [6.07, 6.45) is 1.26. The molecule has 4 nitrogen and oxygen atoms in total. The van der Waals surface area contributed by atoms with Gasteiger partial charge in [-0.3, -0.25) is 4.98 Å². The third kappa shape index (κ3) is 3.71.